The van der Waals surface area contributed by atoms with E-state index >= 15 is 0 Å². The Bertz CT molecular complexity index is 428. The Morgan fingerprint density at radius 2 is 1.84 bits per heavy atom. The average Bonchev–Trinajstić information content (AvgIpc) is 2.39. The van der Waals surface area contributed by atoms with E-state index in [2.05, 4.69) is 0 Å². The number of alkyl halides is 2. The van der Waals surface area contributed by atoms with Crippen LogP contribution in [-0.2, 0) is 11.2 Å². The largest absolute Gasteiger partial charge is 0.337 e. The Morgan fingerprint density at radius 3 is 2.42 bits per heavy atom. The van der Waals surface area contributed by atoms with Gasteiger partial charge in [0.2, 0.25) is 0 Å². The summed E-state index contributed by atoms with van der Waals surface area (Å²) in [7, 11) is 0. The molecule has 0 atom stereocenters. The van der Waals surface area contributed by atoms with Gasteiger partial charge in [0.25, 0.3) is 5.91 Å². The monoisotopic (exact) mass is 268 g/mol. The fourth-order valence-electron chi connectivity index (χ4n) is 2.26. The van der Waals surface area contributed by atoms with Gasteiger partial charge in [0.1, 0.15) is 0 Å². The van der Waals surface area contributed by atoms with Crippen LogP contribution in [-0.4, -0.2) is 35.9 Å². The van der Waals surface area contributed by atoms with E-state index in [1.807, 2.05) is 0 Å². The third-order valence-corrected chi connectivity index (χ3v) is 3.41. The first kappa shape index (κ1) is 13.9. The number of piperidine rings is 1. The lowest BCUT2D eigenvalue weighted by Gasteiger charge is -2.32. The van der Waals surface area contributed by atoms with Crippen molar-refractivity contribution in [3.8, 4) is 0 Å². The van der Waals surface area contributed by atoms with Crippen molar-refractivity contribution in [1.29, 1.82) is 0 Å². The molecule has 0 spiro atoms. The second kappa shape index (κ2) is 5.65. The molecule has 1 aromatic carbocycles. The third kappa shape index (κ3) is 3.50. The molecule has 0 aliphatic carbocycles. The molecule has 1 aliphatic rings. The molecule has 0 saturated carbocycles. The fourth-order valence-corrected chi connectivity index (χ4v) is 2.26. The van der Waals surface area contributed by atoms with Crippen molar-refractivity contribution < 1.29 is 13.6 Å². The molecule has 19 heavy (non-hydrogen) atoms. The summed E-state index contributed by atoms with van der Waals surface area (Å²) in [5, 5.41) is 0. The van der Waals surface area contributed by atoms with Crippen LogP contribution in [0.3, 0.4) is 0 Å². The van der Waals surface area contributed by atoms with Gasteiger partial charge in [-0.25, -0.2) is 0 Å². The normalized spacial score (nSPS) is 17.5. The van der Waals surface area contributed by atoms with Gasteiger partial charge in [-0.1, -0.05) is 30.3 Å². The predicted octanol–water partition coefficient (Wildman–Crippen LogP) is 1.81. The SMILES string of the molecule is NC1CCN(C(=O)C(F)(F)Cc2ccccc2)CC1. The zero-order valence-corrected chi connectivity index (χ0v) is 10.7. The topological polar surface area (TPSA) is 46.3 Å². The van der Waals surface area contributed by atoms with Gasteiger partial charge < -0.3 is 10.6 Å². The lowest BCUT2D eigenvalue weighted by molar-refractivity contribution is -0.158. The van der Waals surface area contributed by atoms with Gasteiger partial charge in [-0.3, -0.25) is 4.79 Å². The second-order valence-electron chi connectivity index (χ2n) is 5.00. The predicted molar refractivity (Wildman–Crippen MR) is 68.9 cm³/mol. The molecule has 2 N–H and O–H groups in total. The van der Waals surface area contributed by atoms with E-state index in [1.54, 1.807) is 30.3 Å². The Morgan fingerprint density at radius 1 is 1.26 bits per heavy atom. The number of nitrogens with zero attached hydrogens (tertiary/aromatic N) is 1. The van der Waals surface area contributed by atoms with E-state index < -0.39 is 18.3 Å². The number of hydrogen-bond donors (Lipinski definition) is 1. The average molecular weight is 268 g/mol. The molecule has 2 rings (SSSR count). The van der Waals surface area contributed by atoms with Gasteiger partial charge in [0.05, 0.1) is 0 Å². The Balaban J connectivity index is 2.00. The van der Waals surface area contributed by atoms with Gasteiger partial charge in [-0.05, 0) is 18.4 Å². The maximum absolute atomic E-state index is 14.0. The molecule has 104 valence electrons. The van der Waals surface area contributed by atoms with Crippen LogP contribution in [0.5, 0.6) is 0 Å². The number of amides is 1. The first-order valence-electron chi connectivity index (χ1n) is 6.46. The minimum Gasteiger partial charge on any atom is -0.337 e. The smallest absolute Gasteiger partial charge is 0.328 e. The highest BCUT2D eigenvalue weighted by atomic mass is 19.3. The molecule has 3 nitrogen and oxygen atoms in total. The lowest BCUT2D eigenvalue weighted by atomic mass is 10.0. The molecule has 0 aromatic heterocycles. The molecular formula is C14H18F2N2O. The van der Waals surface area contributed by atoms with Gasteiger partial charge in [-0.15, -0.1) is 0 Å². The van der Waals surface area contributed by atoms with Crippen LogP contribution >= 0.6 is 0 Å². The number of nitrogens with two attached hydrogens (primary N) is 1. The summed E-state index contributed by atoms with van der Waals surface area (Å²) in [5.41, 5.74) is 6.17. The molecule has 1 aromatic rings. The number of likely N-dealkylation sites (tertiary alicyclic amines) is 1. The molecule has 5 heteroatoms. The van der Waals surface area contributed by atoms with Crippen molar-refractivity contribution in [2.24, 2.45) is 5.73 Å². The first-order valence-corrected chi connectivity index (χ1v) is 6.46. The summed E-state index contributed by atoms with van der Waals surface area (Å²) in [6, 6.07) is 8.37. The highest BCUT2D eigenvalue weighted by Gasteiger charge is 2.42. The van der Waals surface area contributed by atoms with Crippen LogP contribution in [0.25, 0.3) is 0 Å². The van der Waals surface area contributed by atoms with Crippen LogP contribution in [0.1, 0.15) is 18.4 Å². The van der Waals surface area contributed by atoms with E-state index in [9.17, 15) is 13.6 Å². The standard InChI is InChI=1S/C14H18F2N2O/c15-14(16,10-11-4-2-1-3-5-11)13(19)18-8-6-12(17)7-9-18/h1-5,12H,6-10,17H2. The van der Waals surface area contributed by atoms with E-state index in [4.69, 9.17) is 5.73 Å². The van der Waals surface area contributed by atoms with Crippen LogP contribution < -0.4 is 5.73 Å². The second-order valence-corrected chi connectivity index (χ2v) is 5.00. The molecule has 1 saturated heterocycles. The summed E-state index contributed by atoms with van der Waals surface area (Å²) < 4.78 is 27.9. The molecule has 0 radical (unpaired) electrons. The Hall–Kier alpha value is -1.49. The molecule has 1 amide bonds. The van der Waals surface area contributed by atoms with E-state index in [1.165, 1.54) is 4.90 Å². The van der Waals surface area contributed by atoms with Crippen LogP contribution in [0.4, 0.5) is 8.78 Å². The van der Waals surface area contributed by atoms with Crippen LogP contribution in [0.2, 0.25) is 0 Å². The highest BCUT2D eigenvalue weighted by Crippen LogP contribution is 2.24. The summed E-state index contributed by atoms with van der Waals surface area (Å²) >= 11 is 0. The minimum absolute atomic E-state index is 0.0202. The summed E-state index contributed by atoms with van der Waals surface area (Å²) in [4.78, 5) is 13.1. The van der Waals surface area contributed by atoms with Crippen molar-refractivity contribution in [3.05, 3.63) is 35.9 Å². The molecule has 1 aliphatic heterocycles. The zero-order chi connectivity index (χ0) is 13.9. The number of halogens is 2. The fraction of sp³-hybridized carbons (Fsp3) is 0.500. The van der Waals surface area contributed by atoms with Crippen molar-refractivity contribution in [2.45, 2.75) is 31.2 Å². The summed E-state index contributed by atoms with van der Waals surface area (Å²) in [6.45, 7) is 0.648. The van der Waals surface area contributed by atoms with Crippen molar-refractivity contribution in [1.82, 2.24) is 4.90 Å². The summed E-state index contributed by atoms with van der Waals surface area (Å²) in [6.07, 6.45) is 0.634. The molecule has 1 fully saturated rings. The quantitative estimate of drug-likeness (QED) is 0.909. The number of carbonyl (C=O) groups excluding carboxylic acids is 1. The molecule has 0 bridgehead atoms. The number of hydrogen-bond acceptors (Lipinski definition) is 2. The Kier molecular flexibility index (Phi) is 4.14. The van der Waals surface area contributed by atoms with E-state index in [0.29, 0.717) is 31.5 Å². The summed E-state index contributed by atoms with van der Waals surface area (Å²) in [5.74, 6) is -4.42. The maximum atomic E-state index is 14.0. The number of carbonyl (C=O) groups is 1. The highest BCUT2D eigenvalue weighted by molar-refractivity contribution is 5.84. The van der Waals surface area contributed by atoms with E-state index in [-0.39, 0.29) is 6.04 Å². The van der Waals surface area contributed by atoms with Crippen LogP contribution in [0, 0.1) is 0 Å². The molecular weight excluding hydrogens is 250 g/mol. The van der Waals surface area contributed by atoms with Crippen LogP contribution in [0.15, 0.2) is 30.3 Å². The van der Waals surface area contributed by atoms with Gasteiger partial charge >= 0.3 is 5.92 Å². The van der Waals surface area contributed by atoms with Gasteiger partial charge in [0, 0.05) is 25.6 Å². The maximum Gasteiger partial charge on any atom is 0.328 e. The van der Waals surface area contributed by atoms with Gasteiger partial charge in [0.15, 0.2) is 0 Å². The number of rotatable bonds is 3. The molecule has 1 heterocycles. The third-order valence-electron chi connectivity index (χ3n) is 3.41. The van der Waals surface area contributed by atoms with Gasteiger partial charge in [-0.2, -0.15) is 8.78 Å². The van der Waals surface area contributed by atoms with E-state index in [0.717, 1.165) is 0 Å². The van der Waals surface area contributed by atoms with Crippen molar-refractivity contribution >= 4 is 5.91 Å². The minimum atomic E-state index is -3.34. The van der Waals surface area contributed by atoms with Crippen molar-refractivity contribution in [3.63, 3.8) is 0 Å². The Labute approximate surface area is 111 Å². The number of benzene rings is 1. The first-order chi connectivity index (χ1) is 8.99. The lowest BCUT2D eigenvalue weighted by Crippen LogP contribution is -2.50. The van der Waals surface area contributed by atoms with Crippen molar-refractivity contribution in [2.75, 3.05) is 13.1 Å². The molecule has 0 unspecified atom stereocenters. The zero-order valence-electron chi connectivity index (χ0n) is 10.7.